The predicted molar refractivity (Wildman–Crippen MR) is 84.3 cm³/mol. The van der Waals surface area contributed by atoms with Crippen LogP contribution in [0.1, 0.15) is 26.7 Å². The maximum atomic E-state index is 10.3. The Labute approximate surface area is 176 Å². The zero-order chi connectivity index (χ0) is 21.0. The van der Waals surface area contributed by atoms with Crippen LogP contribution >= 0.6 is 0 Å². The van der Waals surface area contributed by atoms with E-state index in [-0.39, 0.29) is 37.7 Å². The van der Waals surface area contributed by atoms with E-state index >= 15 is 0 Å². The summed E-state index contributed by atoms with van der Waals surface area (Å²) in [6.45, 7) is 2.39. The second kappa shape index (κ2) is 15.7. The Morgan fingerprint density at radius 3 is 1.00 bits per heavy atom. The molecular weight excluding hydrogens is 392 g/mol. The monoisotopic (exact) mass is 414 g/mol. The molecule has 0 aliphatic rings. The molecule has 0 aliphatic carbocycles. The van der Waals surface area contributed by atoms with E-state index in [0.717, 1.165) is 0 Å². The van der Waals surface area contributed by atoms with Crippen LogP contribution in [0, 0.1) is 0 Å². The normalized spacial score (nSPS) is 11.7. The molecule has 0 aromatic carbocycles. The van der Waals surface area contributed by atoms with Gasteiger partial charge in [0.1, 0.15) is 12.2 Å². The van der Waals surface area contributed by atoms with Gasteiger partial charge in [0.05, 0.1) is 12.8 Å². The molecule has 0 aromatic rings. The molecule has 26 heavy (non-hydrogen) atoms. The summed E-state index contributed by atoms with van der Waals surface area (Å²) in [5, 5.41) is 65.4. The van der Waals surface area contributed by atoms with E-state index in [1.165, 1.54) is 13.8 Å². The van der Waals surface area contributed by atoms with Gasteiger partial charge in [0.2, 0.25) is 0 Å². The molecule has 0 aromatic heterocycles. The van der Waals surface area contributed by atoms with Gasteiger partial charge in [0.25, 0.3) is 0 Å². The van der Waals surface area contributed by atoms with E-state index < -0.39 is 60.5 Å². The summed E-state index contributed by atoms with van der Waals surface area (Å²) in [6.07, 6.45) is -4.75. The van der Waals surface area contributed by atoms with E-state index in [1.54, 1.807) is 0 Å². The number of carboxylic acid groups (broad SMARTS) is 5. The molecular formula is C12H22CaO13. The van der Waals surface area contributed by atoms with E-state index in [4.69, 9.17) is 40.9 Å². The van der Waals surface area contributed by atoms with Crippen molar-refractivity contribution >= 4 is 67.6 Å². The van der Waals surface area contributed by atoms with Crippen LogP contribution in [0.5, 0.6) is 0 Å². The number of hydrogen-bond donors (Lipinski definition) is 8. The molecule has 0 heterocycles. The van der Waals surface area contributed by atoms with Crippen molar-refractivity contribution in [3.05, 3.63) is 0 Å². The number of carboxylic acids is 5. The second-order valence-corrected chi connectivity index (χ2v) is 4.51. The molecule has 0 aliphatic heterocycles. The van der Waals surface area contributed by atoms with Gasteiger partial charge in [-0.1, -0.05) is 0 Å². The SMILES string of the molecule is CC(O)C(=O)O.CC(O)C(=O)O.O=C(O)CC(O)(CC(=O)O)C(=O)O.[CaH2]. The molecule has 0 fully saturated rings. The van der Waals surface area contributed by atoms with E-state index in [0.29, 0.717) is 0 Å². The quantitative estimate of drug-likeness (QED) is 0.191. The van der Waals surface area contributed by atoms with Gasteiger partial charge in [-0.25, -0.2) is 14.4 Å². The Balaban J connectivity index is -0.000000157. The van der Waals surface area contributed by atoms with Gasteiger partial charge in [0.15, 0.2) is 5.60 Å². The summed E-state index contributed by atoms with van der Waals surface area (Å²) in [7, 11) is 0. The second-order valence-electron chi connectivity index (χ2n) is 4.51. The number of aliphatic carboxylic acids is 5. The Morgan fingerprint density at radius 1 is 0.731 bits per heavy atom. The molecule has 0 radical (unpaired) electrons. The first-order chi connectivity index (χ1) is 11.1. The van der Waals surface area contributed by atoms with E-state index in [9.17, 15) is 24.0 Å². The summed E-state index contributed by atoms with van der Waals surface area (Å²) in [4.78, 5) is 49.4. The fourth-order valence-corrected chi connectivity index (χ4v) is 0.714. The van der Waals surface area contributed by atoms with Crippen LogP contribution in [0.2, 0.25) is 0 Å². The van der Waals surface area contributed by atoms with Crippen LogP contribution in [0.4, 0.5) is 0 Å². The third-order valence-electron chi connectivity index (χ3n) is 2.00. The Bertz CT molecular complexity index is 452. The van der Waals surface area contributed by atoms with Gasteiger partial charge >= 0.3 is 67.6 Å². The number of aliphatic hydroxyl groups is 3. The molecule has 2 unspecified atom stereocenters. The fraction of sp³-hybridized carbons (Fsp3) is 0.583. The predicted octanol–water partition coefficient (Wildman–Crippen LogP) is -3.26. The molecule has 0 amide bonds. The van der Waals surface area contributed by atoms with Crippen molar-refractivity contribution < 1.29 is 64.8 Å². The molecule has 0 rings (SSSR count). The van der Waals surface area contributed by atoms with Crippen molar-refractivity contribution in [2.45, 2.75) is 44.5 Å². The first kappa shape index (κ1) is 32.2. The maximum absolute atomic E-state index is 10.3. The first-order valence-corrected chi connectivity index (χ1v) is 6.27. The van der Waals surface area contributed by atoms with Gasteiger partial charge < -0.3 is 40.9 Å². The summed E-state index contributed by atoms with van der Waals surface area (Å²) >= 11 is 0. The minimum absolute atomic E-state index is 0. The number of hydrogen-bond acceptors (Lipinski definition) is 8. The number of aliphatic hydroxyl groups excluding tert-OH is 2. The van der Waals surface area contributed by atoms with Gasteiger partial charge in [-0.3, -0.25) is 9.59 Å². The fourth-order valence-electron chi connectivity index (χ4n) is 0.714. The zero-order valence-electron chi connectivity index (χ0n) is 13.2. The standard InChI is InChI=1S/C6H8O7.2C3H6O3.Ca.2H/c7-3(8)1-6(13,5(11)12)2-4(9)10;2*1-2(4)3(5)6;;;/h13H,1-2H2,(H,7,8)(H,9,10)(H,11,12);2*2,4H,1H3,(H,5,6);;;. The first-order valence-electron chi connectivity index (χ1n) is 6.27. The van der Waals surface area contributed by atoms with Crippen molar-refractivity contribution in [1.82, 2.24) is 0 Å². The van der Waals surface area contributed by atoms with Crippen molar-refractivity contribution in [2.75, 3.05) is 0 Å². The molecule has 2 atom stereocenters. The molecule has 150 valence electrons. The number of rotatable bonds is 7. The van der Waals surface area contributed by atoms with Crippen LogP contribution in [-0.2, 0) is 24.0 Å². The van der Waals surface area contributed by atoms with Gasteiger partial charge in [-0.15, -0.1) is 0 Å². The molecule has 0 saturated carbocycles. The average Bonchev–Trinajstić information content (AvgIpc) is 2.37. The number of carbonyl (C=O) groups is 5. The van der Waals surface area contributed by atoms with Crippen molar-refractivity contribution in [1.29, 1.82) is 0 Å². The summed E-state index contributed by atoms with van der Waals surface area (Å²) in [6, 6.07) is 0. The van der Waals surface area contributed by atoms with Crippen molar-refractivity contribution in [3.8, 4) is 0 Å². The molecule has 0 bridgehead atoms. The minimum atomic E-state index is -2.74. The summed E-state index contributed by atoms with van der Waals surface area (Å²) in [5.41, 5.74) is -2.74. The van der Waals surface area contributed by atoms with E-state index in [1.807, 2.05) is 0 Å². The zero-order valence-corrected chi connectivity index (χ0v) is 13.2. The van der Waals surface area contributed by atoms with Crippen LogP contribution in [-0.4, -0.2) is 126 Å². The third-order valence-corrected chi connectivity index (χ3v) is 2.00. The molecule has 0 spiro atoms. The Kier molecular flexibility index (Phi) is 19.5. The van der Waals surface area contributed by atoms with Crippen molar-refractivity contribution in [2.24, 2.45) is 0 Å². The molecule has 14 heteroatoms. The van der Waals surface area contributed by atoms with Crippen molar-refractivity contribution in [3.63, 3.8) is 0 Å². The van der Waals surface area contributed by atoms with Crippen LogP contribution in [0.25, 0.3) is 0 Å². The molecule has 8 N–H and O–H groups in total. The van der Waals surface area contributed by atoms with Gasteiger partial charge in [-0.2, -0.15) is 0 Å². The third kappa shape index (κ3) is 20.5. The molecule has 13 nitrogen and oxygen atoms in total. The summed E-state index contributed by atoms with van der Waals surface area (Å²) < 4.78 is 0. The van der Waals surface area contributed by atoms with Crippen LogP contribution in [0.3, 0.4) is 0 Å². The van der Waals surface area contributed by atoms with Gasteiger partial charge in [0, 0.05) is 0 Å². The van der Waals surface area contributed by atoms with E-state index in [2.05, 4.69) is 0 Å². The Morgan fingerprint density at radius 2 is 0.923 bits per heavy atom. The molecule has 0 saturated heterocycles. The van der Waals surface area contributed by atoms with Crippen LogP contribution in [0.15, 0.2) is 0 Å². The average molecular weight is 414 g/mol. The summed E-state index contributed by atoms with van der Waals surface area (Å²) in [5.74, 6) is -7.39. The topological polar surface area (TPSA) is 247 Å². The van der Waals surface area contributed by atoms with Gasteiger partial charge in [-0.05, 0) is 13.8 Å². The Hall–Kier alpha value is -1.51. The van der Waals surface area contributed by atoms with Crippen LogP contribution < -0.4 is 0 Å².